The van der Waals surface area contributed by atoms with Gasteiger partial charge in [-0.05, 0) is 48.4 Å². The number of halogens is 1. The van der Waals surface area contributed by atoms with Crippen molar-refractivity contribution in [3.05, 3.63) is 44.6 Å². The van der Waals surface area contributed by atoms with Crippen molar-refractivity contribution in [3.63, 3.8) is 0 Å². The molecule has 1 aliphatic rings. The maximum atomic E-state index is 12.7. The number of nitrogens with zero attached hydrogens (tertiary/aromatic N) is 1. The van der Waals surface area contributed by atoms with Crippen molar-refractivity contribution in [3.8, 4) is 11.5 Å². The maximum absolute atomic E-state index is 12.7. The molecule has 1 aromatic heterocycles. The number of ether oxygens (including phenoxy) is 2. The van der Waals surface area contributed by atoms with Gasteiger partial charge >= 0.3 is 0 Å². The average Bonchev–Trinajstić information content (AvgIpc) is 3.40. The van der Waals surface area contributed by atoms with Crippen LogP contribution in [0.25, 0.3) is 0 Å². The molecule has 1 atom stereocenters. The van der Waals surface area contributed by atoms with E-state index in [-0.39, 0.29) is 11.8 Å². The summed E-state index contributed by atoms with van der Waals surface area (Å²) in [6.07, 6.45) is 2.18. The minimum absolute atomic E-state index is 0.0599. The van der Waals surface area contributed by atoms with E-state index in [0.717, 1.165) is 16.5 Å². The first kappa shape index (κ1) is 20.7. The summed E-state index contributed by atoms with van der Waals surface area (Å²) in [4.78, 5) is 27.7. The number of nitrogens with one attached hydrogen (secondary N) is 1. The zero-order valence-corrected chi connectivity index (χ0v) is 18.3. The number of amides is 2. The van der Waals surface area contributed by atoms with Gasteiger partial charge in [0.25, 0.3) is 5.91 Å². The van der Waals surface area contributed by atoms with Crippen LogP contribution < -0.4 is 14.8 Å². The van der Waals surface area contributed by atoms with E-state index < -0.39 is 6.04 Å². The van der Waals surface area contributed by atoms with E-state index in [2.05, 4.69) is 21.2 Å². The molecule has 1 aliphatic heterocycles. The second kappa shape index (κ2) is 9.43. The molecule has 0 aliphatic carbocycles. The molecule has 1 saturated heterocycles. The van der Waals surface area contributed by atoms with Crippen molar-refractivity contribution in [1.82, 2.24) is 10.2 Å². The highest BCUT2D eigenvalue weighted by Crippen LogP contribution is 2.33. The minimum atomic E-state index is -0.400. The number of rotatable bonds is 7. The summed E-state index contributed by atoms with van der Waals surface area (Å²) in [5.41, 5.74) is 1.01. The van der Waals surface area contributed by atoms with Gasteiger partial charge in [0.1, 0.15) is 6.04 Å². The SMILES string of the molecule is COc1cc(Br)c(CCNC(=O)[C@@H]2CCCN2C(=O)c2cccs2)cc1OC. The van der Waals surface area contributed by atoms with Crippen LogP contribution in [-0.4, -0.2) is 50.1 Å². The van der Waals surface area contributed by atoms with E-state index in [4.69, 9.17) is 9.47 Å². The predicted molar refractivity (Wildman–Crippen MR) is 112 cm³/mol. The second-order valence-corrected chi connectivity index (χ2v) is 8.28. The molecule has 1 aromatic carbocycles. The normalized spacial score (nSPS) is 16.1. The van der Waals surface area contributed by atoms with Crippen molar-refractivity contribution in [2.24, 2.45) is 0 Å². The van der Waals surface area contributed by atoms with Gasteiger partial charge in [0.15, 0.2) is 11.5 Å². The molecule has 3 rings (SSSR count). The Balaban J connectivity index is 1.59. The van der Waals surface area contributed by atoms with Gasteiger partial charge in [-0.3, -0.25) is 9.59 Å². The molecule has 0 radical (unpaired) electrons. The van der Waals surface area contributed by atoms with Crippen LogP contribution >= 0.6 is 27.3 Å². The molecule has 6 nitrogen and oxygen atoms in total. The molecule has 0 unspecified atom stereocenters. The van der Waals surface area contributed by atoms with Gasteiger partial charge in [-0.2, -0.15) is 0 Å². The molecule has 8 heteroatoms. The fourth-order valence-electron chi connectivity index (χ4n) is 3.35. The second-order valence-electron chi connectivity index (χ2n) is 6.47. The number of thiophene rings is 1. The zero-order chi connectivity index (χ0) is 20.1. The van der Waals surface area contributed by atoms with Gasteiger partial charge in [-0.15, -0.1) is 11.3 Å². The lowest BCUT2D eigenvalue weighted by Crippen LogP contribution is -2.46. The summed E-state index contributed by atoms with van der Waals surface area (Å²) < 4.78 is 11.5. The fourth-order valence-corrected chi connectivity index (χ4v) is 4.55. The Morgan fingerprint density at radius 1 is 1.29 bits per heavy atom. The summed E-state index contributed by atoms with van der Waals surface area (Å²) in [5, 5.41) is 4.85. The lowest BCUT2D eigenvalue weighted by molar-refractivity contribution is -0.124. The summed E-state index contributed by atoms with van der Waals surface area (Å²) in [6, 6.07) is 7.01. The minimum Gasteiger partial charge on any atom is -0.493 e. The maximum Gasteiger partial charge on any atom is 0.264 e. The van der Waals surface area contributed by atoms with E-state index in [1.165, 1.54) is 11.3 Å². The van der Waals surface area contributed by atoms with E-state index in [0.29, 0.717) is 42.3 Å². The highest BCUT2D eigenvalue weighted by Gasteiger charge is 2.34. The summed E-state index contributed by atoms with van der Waals surface area (Å²) >= 11 is 4.94. The predicted octanol–water partition coefficient (Wildman–Crippen LogP) is 3.49. The standard InChI is InChI=1S/C20H23BrN2O4S/c1-26-16-11-13(14(21)12-17(16)27-2)7-8-22-19(24)15-5-3-9-23(15)20(25)18-6-4-10-28-18/h4,6,10-12,15H,3,5,7-9H2,1-2H3,(H,22,24)/t15-/m0/s1. The monoisotopic (exact) mass is 466 g/mol. The van der Waals surface area contributed by atoms with Gasteiger partial charge in [-0.25, -0.2) is 0 Å². The quantitative estimate of drug-likeness (QED) is 0.677. The summed E-state index contributed by atoms with van der Waals surface area (Å²) in [5.74, 6) is 1.14. The molecule has 0 spiro atoms. The van der Waals surface area contributed by atoms with Gasteiger partial charge in [0, 0.05) is 17.6 Å². The number of benzene rings is 1. The van der Waals surface area contributed by atoms with E-state index in [1.54, 1.807) is 25.2 Å². The number of carbonyl (C=O) groups excluding carboxylic acids is 2. The van der Waals surface area contributed by atoms with Crippen molar-refractivity contribution in [2.45, 2.75) is 25.3 Å². The molecule has 1 fully saturated rings. The summed E-state index contributed by atoms with van der Waals surface area (Å²) in [7, 11) is 3.19. The lowest BCUT2D eigenvalue weighted by Gasteiger charge is -2.23. The third kappa shape index (κ3) is 4.50. The highest BCUT2D eigenvalue weighted by atomic mass is 79.9. The number of hydrogen-bond donors (Lipinski definition) is 1. The number of carbonyl (C=O) groups is 2. The third-order valence-electron chi connectivity index (χ3n) is 4.79. The Bertz CT molecular complexity index is 841. The molecule has 0 saturated carbocycles. The smallest absolute Gasteiger partial charge is 0.264 e. The van der Waals surface area contributed by atoms with Crippen LogP contribution in [0.2, 0.25) is 0 Å². The first-order valence-electron chi connectivity index (χ1n) is 9.07. The van der Waals surface area contributed by atoms with Gasteiger partial charge in [0.05, 0.1) is 19.1 Å². The Morgan fingerprint density at radius 3 is 2.71 bits per heavy atom. The van der Waals surface area contributed by atoms with Crippen LogP contribution in [0, 0.1) is 0 Å². The zero-order valence-electron chi connectivity index (χ0n) is 15.9. The van der Waals surface area contributed by atoms with Crippen LogP contribution in [0.3, 0.4) is 0 Å². The molecular formula is C20H23BrN2O4S. The molecule has 0 bridgehead atoms. The Kier molecular flexibility index (Phi) is 6.96. The number of methoxy groups -OCH3 is 2. The molecule has 1 N–H and O–H groups in total. The topological polar surface area (TPSA) is 67.9 Å². The first-order chi connectivity index (χ1) is 13.5. The Labute approximate surface area is 176 Å². The Hall–Kier alpha value is -2.06. The van der Waals surface area contributed by atoms with Crippen LogP contribution in [-0.2, 0) is 11.2 Å². The average molecular weight is 467 g/mol. The van der Waals surface area contributed by atoms with Crippen LogP contribution in [0.1, 0.15) is 28.1 Å². The van der Waals surface area contributed by atoms with Gasteiger partial charge in [-0.1, -0.05) is 22.0 Å². The van der Waals surface area contributed by atoms with Crippen molar-refractivity contribution in [2.75, 3.05) is 27.3 Å². The highest BCUT2D eigenvalue weighted by molar-refractivity contribution is 9.10. The molecule has 2 heterocycles. The lowest BCUT2D eigenvalue weighted by atomic mass is 10.1. The number of hydrogen-bond acceptors (Lipinski definition) is 5. The molecule has 2 aromatic rings. The van der Waals surface area contributed by atoms with Crippen molar-refractivity contribution in [1.29, 1.82) is 0 Å². The molecular weight excluding hydrogens is 444 g/mol. The third-order valence-corrected chi connectivity index (χ3v) is 6.39. The van der Waals surface area contributed by atoms with E-state index >= 15 is 0 Å². The van der Waals surface area contributed by atoms with Crippen LogP contribution in [0.4, 0.5) is 0 Å². The van der Waals surface area contributed by atoms with E-state index in [9.17, 15) is 9.59 Å². The molecule has 150 valence electrons. The molecule has 28 heavy (non-hydrogen) atoms. The summed E-state index contributed by atoms with van der Waals surface area (Å²) in [6.45, 7) is 1.10. The number of likely N-dealkylation sites (tertiary alicyclic amines) is 1. The van der Waals surface area contributed by atoms with Gasteiger partial charge in [0.2, 0.25) is 5.91 Å². The first-order valence-corrected chi connectivity index (χ1v) is 10.7. The Morgan fingerprint density at radius 2 is 2.04 bits per heavy atom. The fraction of sp³-hybridized carbons (Fsp3) is 0.400. The van der Waals surface area contributed by atoms with Crippen LogP contribution in [0.15, 0.2) is 34.1 Å². The molecule has 2 amide bonds. The van der Waals surface area contributed by atoms with E-state index in [1.807, 2.05) is 23.6 Å². The van der Waals surface area contributed by atoms with Crippen molar-refractivity contribution >= 4 is 39.1 Å². The van der Waals surface area contributed by atoms with Crippen LogP contribution in [0.5, 0.6) is 11.5 Å². The van der Waals surface area contributed by atoms with Crippen molar-refractivity contribution < 1.29 is 19.1 Å². The van der Waals surface area contributed by atoms with Gasteiger partial charge < -0.3 is 19.7 Å². The largest absolute Gasteiger partial charge is 0.493 e.